The Morgan fingerprint density at radius 3 is 2.50 bits per heavy atom. The van der Waals surface area contributed by atoms with Crippen LogP contribution in [-0.4, -0.2) is 4.98 Å². The first-order valence-electron chi connectivity index (χ1n) is 6.22. The van der Waals surface area contributed by atoms with Gasteiger partial charge in [0.15, 0.2) is 0 Å². The van der Waals surface area contributed by atoms with Crippen molar-refractivity contribution in [3.8, 4) is 0 Å². The number of hydrogen-bond donors (Lipinski definition) is 0. The molecule has 0 radical (unpaired) electrons. The normalized spacial score (nSPS) is 10.7. The SMILES string of the molecule is Cc1ccccc1Cc1ccc2ccccc2n1. The third-order valence-electron chi connectivity index (χ3n) is 3.29. The second-order valence-corrected chi connectivity index (χ2v) is 4.60. The Labute approximate surface area is 107 Å². The Hall–Kier alpha value is -2.15. The number of hydrogen-bond acceptors (Lipinski definition) is 1. The number of rotatable bonds is 2. The molecule has 0 saturated heterocycles. The summed E-state index contributed by atoms with van der Waals surface area (Å²) in [6, 6.07) is 21.0. The van der Waals surface area contributed by atoms with E-state index in [2.05, 4.69) is 55.5 Å². The third-order valence-corrected chi connectivity index (χ3v) is 3.29. The van der Waals surface area contributed by atoms with Crippen molar-refractivity contribution in [2.24, 2.45) is 0 Å². The second-order valence-electron chi connectivity index (χ2n) is 4.60. The zero-order valence-corrected chi connectivity index (χ0v) is 10.4. The van der Waals surface area contributed by atoms with Gasteiger partial charge in [-0.1, -0.05) is 48.5 Å². The van der Waals surface area contributed by atoms with Crippen LogP contribution in [0, 0.1) is 6.92 Å². The van der Waals surface area contributed by atoms with Gasteiger partial charge in [0.1, 0.15) is 0 Å². The average molecular weight is 233 g/mol. The van der Waals surface area contributed by atoms with Crippen molar-refractivity contribution in [2.45, 2.75) is 13.3 Å². The lowest BCUT2D eigenvalue weighted by molar-refractivity contribution is 1.08. The molecular weight excluding hydrogens is 218 g/mol. The van der Waals surface area contributed by atoms with Gasteiger partial charge >= 0.3 is 0 Å². The summed E-state index contributed by atoms with van der Waals surface area (Å²) in [7, 11) is 0. The van der Waals surface area contributed by atoms with Crippen LogP contribution in [-0.2, 0) is 6.42 Å². The van der Waals surface area contributed by atoms with Crippen molar-refractivity contribution in [2.75, 3.05) is 0 Å². The maximum Gasteiger partial charge on any atom is 0.0705 e. The maximum absolute atomic E-state index is 4.71. The van der Waals surface area contributed by atoms with E-state index in [1.807, 2.05) is 12.1 Å². The first-order chi connectivity index (χ1) is 8.83. The molecule has 2 aromatic carbocycles. The molecule has 1 heteroatoms. The molecule has 0 bridgehead atoms. The van der Waals surface area contributed by atoms with Gasteiger partial charge in [0.2, 0.25) is 0 Å². The zero-order chi connectivity index (χ0) is 12.4. The molecule has 3 aromatic rings. The summed E-state index contributed by atoms with van der Waals surface area (Å²) in [5.41, 5.74) is 4.87. The lowest BCUT2D eigenvalue weighted by Gasteiger charge is -2.06. The molecule has 3 rings (SSSR count). The van der Waals surface area contributed by atoms with Crippen molar-refractivity contribution in [3.63, 3.8) is 0 Å². The lowest BCUT2D eigenvalue weighted by atomic mass is 10.0. The summed E-state index contributed by atoms with van der Waals surface area (Å²) in [5.74, 6) is 0. The number of pyridine rings is 1. The summed E-state index contributed by atoms with van der Waals surface area (Å²) in [6.45, 7) is 2.15. The van der Waals surface area contributed by atoms with E-state index in [-0.39, 0.29) is 0 Å². The summed E-state index contributed by atoms with van der Waals surface area (Å²) in [6.07, 6.45) is 0.900. The fraction of sp³-hybridized carbons (Fsp3) is 0.118. The molecule has 1 heterocycles. The number of nitrogens with zero attached hydrogens (tertiary/aromatic N) is 1. The van der Waals surface area contributed by atoms with Crippen LogP contribution in [0.5, 0.6) is 0 Å². The Kier molecular flexibility index (Phi) is 2.81. The highest BCUT2D eigenvalue weighted by atomic mass is 14.7. The second kappa shape index (κ2) is 4.61. The molecule has 0 N–H and O–H groups in total. The van der Waals surface area contributed by atoms with Crippen LogP contribution in [0.2, 0.25) is 0 Å². The number of fused-ring (bicyclic) bond motifs is 1. The lowest BCUT2D eigenvalue weighted by Crippen LogP contribution is -1.94. The topological polar surface area (TPSA) is 12.9 Å². The van der Waals surface area contributed by atoms with Gasteiger partial charge in [-0.25, -0.2) is 0 Å². The molecule has 0 saturated carbocycles. The van der Waals surface area contributed by atoms with Crippen molar-refractivity contribution in [1.82, 2.24) is 4.98 Å². The van der Waals surface area contributed by atoms with Gasteiger partial charge < -0.3 is 0 Å². The van der Waals surface area contributed by atoms with E-state index in [9.17, 15) is 0 Å². The predicted octanol–water partition coefficient (Wildman–Crippen LogP) is 4.13. The van der Waals surface area contributed by atoms with Crippen molar-refractivity contribution < 1.29 is 0 Å². The minimum atomic E-state index is 0.900. The summed E-state index contributed by atoms with van der Waals surface area (Å²) in [4.78, 5) is 4.71. The molecule has 0 unspecified atom stereocenters. The van der Waals surface area contributed by atoms with E-state index >= 15 is 0 Å². The number of aromatic nitrogens is 1. The van der Waals surface area contributed by atoms with E-state index in [1.165, 1.54) is 16.5 Å². The standard InChI is InChI=1S/C17H15N/c1-13-6-2-3-8-15(13)12-16-11-10-14-7-4-5-9-17(14)18-16/h2-11H,12H2,1H3. The van der Waals surface area contributed by atoms with E-state index in [0.29, 0.717) is 0 Å². The Morgan fingerprint density at radius 2 is 1.61 bits per heavy atom. The summed E-state index contributed by atoms with van der Waals surface area (Å²) in [5, 5.41) is 1.20. The van der Waals surface area contributed by atoms with Crippen molar-refractivity contribution >= 4 is 10.9 Å². The Balaban J connectivity index is 1.98. The van der Waals surface area contributed by atoms with Crippen LogP contribution in [0.15, 0.2) is 60.7 Å². The Bertz CT molecular complexity index is 686. The molecule has 0 aliphatic heterocycles. The average Bonchev–Trinajstić information content (AvgIpc) is 2.41. The van der Waals surface area contributed by atoms with Crippen molar-refractivity contribution in [1.29, 1.82) is 0 Å². The van der Waals surface area contributed by atoms with E-state index < -0.39 is 0 Å². The molecule has 0 spiro atoms. The molecule has 88 valence electrons. The van der Waals surface area contributed by atoms with Crippen LogP contribution >= 0.6 is 0 Å². The fourth-order valence-corrected chi connectivity index (χ4v) is 2.21. The molecule has 0 fully saturated rings. The van der Waals surface area contributed by atoms with Crippen LogP contribution in [0.25, 0.3) is 10.9 Å². The smallest absolute Gasteiger partial charge is 0.0705 e. The largest absolute Gasteiger partial charge is 0.252 e. The first kappa shape index (κ1) is 11.0. The molecule has 1 aromatic heterocycles. The van der Waals surface area contributed by atoms with E-state index in [4.69, 9.17) is 4.98 Å². The minimum absolute atomic E-state index is 0.900. The number of benzene rings is 2. The van der Waals surface area contributed by atoms with Gasteiger partial charge in [-0.15, -0.1) is 0 Å². The van der Waals surface area contributed by atoms with Gasteiger partial charge in [0, 0.05) is 17.5 Å². The molecule has 1 nitrogen and oxygen atoms in total. The van der Waals surface area contributed by atoms with Gasteiger partial charge in [0.25, 0.3) is 0 Å². The van der Waals surface area contributed by atoms with E-state index in [1.54, 1.807) is 0 Å². The molecule has 0 aliphatic carbocycles. The van der Waals surface area contributed by atoms with Crippen molar-refractivity contribution in [3.05, 3.63) is 77.5 Å². The maximum atomic E-state index is 4.71. The van der Waals surface area contributed by atoms with Crippen LogP contribution in [0.3, 0.4) is 0 Å². The molecule has 18 heavy (non-hydrogen) atoms. The quantitative estimate of drug-likeness (QED) is 0.648. The number of para-hydroxylation sites is 1. The Morgan fingerprint density at radius 1 is 0.833 bits per heavy atom. The molecule has 0 amide bonds. The van der Waals surface area contributed by atoms with Gasteiger partial charge in [-0.2, -0.15) is 0 Å². The third kappa shape index (κ3) is 2.12. The fourth-order valence-electron chi connectivity index (χ4n) is 2.21. The number of aryl methyl sites for hydroxylation is 1. The monoisotopic (exact) mass is 233 g/mol. The minimum Gasteiger partial charge on any atom is -0.252 e. The summed E-state index contributed by atoms with van der Waals surface area (Å²) >= 11 is 0. The van der Waals surface area contributed by atoms with Gasteiger partial charge in [-0.05, 0) is 30.2 Å². The highest BCUT2D eigenvalue weighted by molar-refractivity contribution is 5.78. The predicted molar refractivity (Wildman–Crippen MR) is 75.7 cm³/mol. The van der Waals surface area contributed by atoms with Crippen LogP contribution in [0.4, 0.5) is 0 Å². The zero-order valence-electron chi connectivity index (χ0n) is 10.4. The van der Waals surface area contributed by atoms with E-state index in [0.717, 1.165) is 17.6 Å². The molecular formula is C17H15N. The highest BCUT2D eigenvalue weighted by Crippen LogP contribution is 2.16. The summed E-state index contributed by atoms with van der Waals surface area (Å²) < 4.78 is 0. The van der Waals surface area contributed by atoms with Crippen LogP contribution in [0.1, 0.15) is 16.8 Å². The highest BCUT2D eigenvalue weighted by Gasteiger charge is 2.01. The van der Waals surface area contributed by atoms with Gasteiger partial charge in [-0.3, -0.25) is 4.98 Å². The van der Waals surface area contributed by atoms with Gasteiger partial charge in [0.05, 0.1) is 5.52 Å². The first-order valence-corrected chi connectivity index (χ1v) is 6.22. The van der Waals surface area contributed by atoms with Crippen LogP contribution < -0.4 is 0 Å². The molecule has 0 atom stereocenters. The molecule has 0 aliphatic rings.